The van der Waals surface area contributed by atoms with Crippen molar-refractivity contribution in [3.8, 4) is 22.5 Å². The molecule has 1 fully saturated rings. The summed E-state index contributed by atoms with van der Waals surface area (Å²) in [5, 5.41) is 12.2. The van der Waals surface area contributed by atoms with Crippen LogP contribution in [0.15, 0.2) is 97.9 Å². The van der Waals surface area contributed by atoms with Crippen molar-refractivity contribution >= 4 is 27.5 Å². The lowest BCUT2D eigenvalue weighted by Gasteiger charge is -2.11. The Bertz CT molecular complexity index is 1700. The van der Waals surface area contributed by atoms with E-state index in [1.165, 1.54) is 12.8 Å². The van der Waals surface area contributed by atoms with Gasteiger partial charge in [0.2, 0.25) is 0 Å². The summed E-state index contributed by atoms with van der Waals surface area (Å²) in [6.07, 6.45) is 15.6. The molecule has 0 aromatic carbocycles. The van der Waals surface area contributed by atoms with E-state index in [-0.39, 0.29) is 0 Å². The molecule has 182 valence electrons. The molecule has 6 rings (SSSR count). The number of rotatable bonds is 8. The number of hydrogen-bond donors (Lipinski definition) is 3. The minimum Gasteiger partial charge on any atom is -0.359 e. The van der Waals surface area contributed by atoms with Crippen molar-refractivity contribution in [2.24, 2.45) is 5.92 Å². The van der Waals surface area contributed by atoms with Crippen LogP contribution in [-0.2, 0) is 0 Å². The van der Waals surface area contributed by atoms with E-state index < -0.39 is 0 Å². The normalized spacial score (nSPS) is 14.3. The second-order valence-electron chi connectivity index (χ2n) is 9.21. The van der Waals surface area contributed by atoms with Crippen LogP contribution in [0.5, 0.6) is 0 Å². The quantitative estimate of drug-likeness (QED) is 0.217. The molecule has 0 atom stereocenters. The highest BCUT2D eigenvalue weighted by Crippen LogP contribution is 2.35. The summed E-state index contributed by atoms with van der Waals surface area (Å²) in [4.78, 5) is 17.2. The molecule has 0 aliphatic heterocycles. The standard InChI is InChI=1S/C30H27N7/c1-4-19(13-22(5-2)33-18(3)20-8-9-20)25-10-11-26-29(35-25)30(37-36-26)27-14-23-24(16-32-17-28(23)34-27)21-7-6-12-31-15-21/h4-7,10-17,20,33-34H,2-3,8-9H2,1H3,(H,36,37)/b19-4+,22-13+. The third-order valence-corrected chi connectivity index (χ3v) is 6.69. The van der Waals surface area contributed by atoms with E-state index in [4.69, 9.17) is 4.98 Å². The molecule has 5 heterocycles. The first kappa shape index (κ1) is 22.7. The van der Waals surface area contributed by atoms with Gasteiger partial charge in [-0.2, -0.15) is 5.10 Å². The topological polar surface area (TPSA) is 95.2 Å². The summed E-state index contributed by atoms with van der Waals surface area (Å²) < 4.78 is 0. The number of H-pyrrole nitrogens is 2. The van der Waals surface area contributed by atoms with Crippen LogP contribution in [0.4, 0.5) is 0 Å². The van der Waals surface area contributed by atoms with Gasteiger partial charge in [-0.15, -0.1) is 0 Å². The van der Waals surface area contributed by atoms with Gasteiger partial charge in [-0.3, -0.25) is 15.1 Å². The van der Waals surface area contributed by atoms with Gasteiger partial charge in [-0.25, -0.2) is 4.98 Å². The minimum atomic E-state index is 0.561. The van der Waals surface area contributed by atoms with Crippen LogP contribution in [0.3, 0.4) is 0 Å². The molecular formula is C30H27N7. The summed E-state index contributed by atoms with van der Waals surface area (Å²) in [5.41, 5.74) is 10.0. The van der Waals surface area contributed by atoms with E-state index in [1.807, 2.05) is 61.9 Å². The molecule has 5 aromatic rings. The van der Waals surface area contributed by atoms with Crippen LogP contribution < -0.4 is 5.32 Å². The first-order valence-corrected chi connectivity index (χ1v) is 12.3. The zero-order valence-corrected chi connectivity index (χ0v) is 20.6. The van der Waals surface area contributed by atoms with Gasteiger partial charge in [0.15, 0.2) is 0 Å². The van der Waals surface area contributed by atoms with Crippen molar-refractivity contribution in [3.63, 3.8) is 0 Å². The molecule has 1 aliphatic rings. The number of allylic oxidation sites excluding steroid dienone is 5. The molecule has 1 saturated carbocycles. The largest absolute Gasteiger partial charge is 0.359 e. The molecule has 0 saturated heterocycles. The van der Waals surface area contributed by atoms with E-state index in [2.05, 4.69) is 55.8 Å². The molecular weight excluding hydrogens is 458 g/mol. The Morgan fingerprint density at radius 2 is 2.00 bits per heavy atom. The van der Waals surface area contributed by atoms with Gasteiger partial charge in [0.05, 0.1) is 28.6 Å². The monoisotopic (exact) mass is 485 g/mol. The lowest BCUT2D eigenvalue weighted by atomic mass is 10.1. The first-order valence-electron chi connectivity index (χ1n) is 12.3. The Labute approximate surface area is 214 Å². The van der Waals surface area contributed by atoms with Crippen molar-refractivity contribution in [1.29, 1.82) is 0 Å². The van der Waals surface area contributed by atoms with Gasteiger partial charge < -0.3 is 10.3 Å². The van der Waals surface area contributed by atoms with E-state index in [9.17, 15) is 0 Å². The lowest BCUT2D eigenvalue weighted by Crippen LogP contribution is -2.11. The summed E-state index contributed by atoms with van der Waals surface area (Å²) in [5.74, 6) is 0.561. The zero-order chi connectivity index (χ0) is 25.4. The highest BCUT2D eigenvalue weighted by Gasteiger charge is 2.24. The first-order chi connectivity index (χ1) is 18.1. The molecule has 7 heteroatoms. The number of aromatic amines is 2. The summed E-state index contributed by atoms with van der Waals surface area (Å²) >= 11 is 0. The second-order valence-corrected chi connectivity index (χ2v) is 9.21. The maximum absolute atomic E-state index is 5.01. The van der Waals surface area contributed by atoms with Crippen LogP contribution >= 0.6 is 0 Å². The van der Waals surface area contributed by atoms with Gasteiger partial charge in [-0.1, -0.05) is 25.3 Å². The number of hydrogen-bond acceptors (Lipinski definition) is 5. The van der Waals surface area contributed by atoms with Gasteiger partial charge >= 0.3 is 0 Å². The van der Waals surface area contributed by atoms with Crippen molar-refractivity contribution < 1.29 is 0 Å². The van der Waals surface area contributed by atoms with E-state index in [1.54, 1.807) is 6.20 Å². The highest BCUT2D eigenvalue weighted by atomic mass is 15.1. The van der Waals surface area contributed by atoms with Gasteiger partial charge in [-0.05, 0) is 67.7 Å². The molecule has 7 nitrogen and oxygen atoms in total. The van der Waals surface area contributed by atoms with Crippen molar-refractivity contribution in [3.05, 3.63) is 104 Å². The molecule has 0 amide bonds. The Morgan fingerprint density at radius 1 is 1.11 bits per heavy atom. The number of nitrogens with zero attached hydrogens (tertiary/aromatic N) is 4. The highest BCUT2D eigenvalue weighted by molar-refractivity contribution is 5.99. The minimum absolute atomic E-state index is 0.561. The fraction of sp³-hybridized carbons (Fsp3) is 0.133. The fourth-order valence-corrected chi connectivity index (χ4v) is 4.52. The van der Waals surface area contributed by atoms with Crippen LogP contribution in [-0.4, -0.2) is 30.1 Å². The Morgan fingerprint density at radius 3 is 2.76 bits per heavy atom. The molecule has 5 aromatic heterocycles. The predicted octanol–water partition coefficient (Wildman–Crippen LogP) is 6.55. The molecule has 0 bridgehead atoms. The summed E-state index contributed by atoms with van der Waals surface area (Å²) in [7, 11) is 0. The summed E-state index contributed by atoms with van der Waals surface area (Å²) in [6, 6.07) is 10.1. The SMILES string of the molecule is C=C/C(=C\C(=C/C)c1ccc2[nH]nc(-c3cc4c(-c5cccnc5)cncc4[nH]3)c2n1)NC(=C)C1CC1. The van der Waals surface area contributed by atoms with E-state index in [0.29, 0.717) is 5.92 Å². The summed E-state index contributed by atoms with van der Waals surface area (Å²) in [6.45, 7) is 10.2. The van der Waals surface area contributed by atoms with E-state index in [0.717, 1.165) is 67.1 Å². The Balaban J connectivity index is 1.39. The lowest BCUT2D eigenvalue weighted by molar-refractivity contribution is 0.865. The van der Waals surface area contributed by atoms with Crippen molar-refractivity contribution in [2.45, 2.75) is 19.8 Å². The third-order valence-electron chi connectivity index (χ3n) is 6.69. The smallest absolute Gasteiger partial charge is 0.135 e. The maximum atomic E-state index is 5.01. The van der Waals surface area contributed by atoms with Crippen LogP contribution in [0, 0.1) is 5.92 Å². The molecule has 0 spiro atoms. The average molecular weight is 486 g/mol. The number of aromatic nitrogens is 6. The molecule has 0 radical (unpaired) electrons. The van der Waals surface area contributed by atoms with Crippen LogP contribution in [0.1, 0.15) is 25.5 Å². The van der Waals surface area contributed by atoms with Crippen molar-refractivity contribution in [2.75, 3.05) is 0 Å². The van der Waals surface area contributed by atoms with E-state index >= 15 is 0 Å². The zero-order valence-electron chi connectivity index (χ0n) is 20.6. The predicted molar refractivity (Wildman–Crippen MR) is 149 cm³/mol. The van der Waals surface area contributed by atoms with Gasteiger partial charge in [0.1, 0.15) is 11.2 Å². The van der Waals surface area contributed by atoms with Crippen LogP contribution in [0.25, 0.3) is 50.0 Å². The number of nitrogens with one attached hydrogen (secondary N) is 3. The van der Waals surface area contributed by atoms with Gasteiger partial charge in [0.25, 0.3) is 0 Å². The van der Waals surface area contributed by atoms with Gasteiger partial charge in [0, 0.05) is 46.5 Å². The molecule has 3 N–H and O–H groups in total. The Hall–Kier alpha value is -4.78. The third kappa shape index (κ3) is 4.36. The molecule has 37 heavy (non-hydrogen) atoms. The molecule has 0 unspecified atom stereocenters. The maximum Gasteiger partial charge on any atom is 0.135 e. The van der Waals surface area contributed by atoms with Crippen molar-refractivity contribution in [1.82, 2.24) is 35.5 Å². The second kappa shape index (κ2) is 9.35. The average Bonchev–Trinajstić information content (AvgIpc) is 3.57. The number of pyridine rings is 3. The Kier molecular flexibility index (Phi) is 5.73. The fourth-order valence-electron chi connectivity index (χ4n) is 4.52. The van der Waals surface area contributed by atoms with Crippen LogP contribution in [0.2, 0.25) is 0 Å². The number of fused-ring (bicyclic) bond motifs is 2. The molecule has 1 aliphatic carbocycles.